The number of aromatic nitrogens is 5. The third-order valence-electron chi connectivity index (χ3n) is 4.61. The molecule has 0 spiro atoms. The zero-order chi connectivity index (χ0) is 21.4. The molecule has 7 nitrogen and oxygen atoms in total. The highest BCUT2D eigenvalue weighted by molar-refractivity contribution is 5.82. The minimum atomic E-state index is -0.690. The number of nitrogens with zero attached hydrogens (tertiary/aromatic N) is 5. The molecule has 3 aromatic heterocycles. The Balaban J connectivity index is 1.77. The number of fused-ring (bicyclic) bond motifs is 1. The van der Waals surface area contributed by atoms with Gasteiger partial charge < -0.3 is 9.88 Å². The van der Waals surface area contributed by atoms with Crippen molar-refractivity contribution in [2.24, 2.45) is 0 Å². The number of rotatable bonds is 5. The summed E-state index contributed by atoms with van der Waals surface area (Å²) in [6.07, 6.45) is 3.03. The number of aldehydes is 1. The van der Waals surface area contributed by atoms with Crippen molar-refractivity contribution in [2.45, 2.75) is 26.8 Å². The van der Waals surface area contributed by atoms with Crippen molar-refractivity contribution in [3.05, 3.63) is 59.7 Å². The molecule has 0 unspecified atom stereocenters. The quantitative estimate of drug-likeness (QED) is 0.485. The molecule has 0 atom stereocenters. The van der Waals surface area contributed by atoms with Crippen LogP contribution in [-0.2, 0) is 0 Å². The minimum Gasteiger partial charge on any atom is -0.326 e. The van der Waals surface area contributed by atoms with E-state index in [9.17, 15) is 13.6 Å². The summed E-state index contributed by atoms with van der Waals surface area (Å²) < 4.78 is 30.9. The maximum Gasteiger partial charge on any atom is 0.184 e. The molecule has 0 radical (unpaired) electrons. The average Bonchev–Trinajstić information content (AvgIpc) is 3.07. The van der Waals surface area contributed by atoms with E-state index in [1.807, 2.05) is 25.3 Å². The molecule has 9 heteroatoms. The predicted molar refractivity (Wildman–Crippen MR) is 109 cm³/mol. The summed E-state index contributed by atoms with van der Waals surface area (Å²) in [6.45, 7) is 5.79. The molecule has 1 N–H and O–H groups in total. The molecular weight excluding hydrogens is 390 g/mol. The van der Waals surface area contributed by atoms with Crippen molar-refractivity contribution >= 4 is 29.0 Å². The fourth-order valence-electron chi connectivity index (χ4n) is 3.31. The van der Waals surface area contributed by atoms with Crippen LogP contribution in [0.2, 0.25) is 0 Å². The van der Waals surface area contributed by atoms with Crippen molar-refractivity contribution in [3.8, 4) is 11.4 Å². The number of anilines is 2. The first-order valence-corrected chi connectivity index (χ1v) is 9.26. The molecule has 152 valence electrons. The summed E-state index contributed by atoms with van der Waals surface area (Å²) in [5.41, 5.74) is 1.68. The van der Waals surface area contributed by atoms with E-state index in [0.29, 0.717) is 34.6 Å². The van der Waals surface area contributed by atoms with E-state index in [0.717, 1.165) is 6.20 Å². The zero-order valence-electron chi connectivity index (χ0n) is 16.5. The predicted octanol–water partition coefficient (Wildman–Crippen LogP) is 4.61. The molecule has 0 aliphatic rings. The van der Waals surface area contributed by atoms with E-state index in [1.165, 1.54) is 18.3 Å². The molecule has 0 fully saturated rings. The van der Waals surface area contributed by atoms with Crippen LogP contribution in [0.1, 0.15) is 36.1 Å². The molecule has 4 rings (SSSR count). The fraction of sp³-hybridized carbons (Fsp3) is 0.190. The number of hydrogen-bond donors (Lipinski definition) is 1. The minimum absolute atomic E-state index is 0.0800. The number of pyridine rings is 1. The number of halogens is 2. The Labute approximate surface area is 170 Å². The van der Waals surface area contributed by atoms with E-state index >= 15 is 0 Å². The third-order valence-corrected chi connectivity index (χ3v) is 4.61. The molecule has 0 saturated carbocycles. The summed E-state index contributed by atoms with van der Waals surface area (Å²) in [4.78, 5) is 27.3. The zero-order valence-corrected chi connectivity index (χ0v) is 16.5. The van der Waals surface area contributed by atoms with Crippen LogP contribution in [-0.4, -0.2) is 30.8 Å². The number of carbonyl (C=O) groups is 1. The number of carbonyl (C=O) groups excluding carboxylic acids is 1. The second-order valence-corrected chi connectivity index (χ2v) is 7.06. The van der Waals surface area contributed by atoms with Gasteiger partial charge in [-0.3, -0.25) is 4.79 Å². The third kappa shape index (κ3) is 3.49. The highest BCUT2D eigenvalue weighted by atomic mass is 19.1. The van der Waals surface area contributed by atoms with Gasteiger partial charge in [0.25, 0.3) is 0 Å². The Kier molecular flexibility index (Phi) is 4.94. The first-order chi connectivity index (χ1) is 14.4. The van der Waals surface area contributed by atoms with E-state index < -0.39 is 11.6 Å². The Hall–Kier alpha value is -3.75. The van der Waals surface area contributed by atoms with Crippen LogP contribution in [0.25, 0.3) is 22.4 Å². The number of imidazole rings is 1. The van der Waals surface area contributed by atoms with Gasteiger partial charge in [0.1, 0.15) is 17.2 Å². The van der Waals surface area contributed by atoms with Gasteiger partial charge in [-0.1, -0.05) is 0 Å². The standard InChI is InChI=1S/C21H18F2N6O/c1-11(2)29-12(3)26-19-15(22)6-14(7-17(19)29)20-25-9-16(23)21(28-20)27-18-5-4-13(10-30)8-24-18/h4-11H,1-3H3,(H,24,25,27,28). The van der Waals surface area contributed by atoms with Gasteiger partial charge in [-0.25, -0.2) is 28.7 Å². The van der Waals surface area contributed by atoms with Gasteiger partial charge in [-0.2, -0.15) is 0 Å². The summed E-state index contributed by atoms with van der Waals surface area (Å²) in [5.74, 6) is -0.149. The van der Waals surface area contributed by atoms with Crippen LogP contribution in [0, 0.1) is 18.6 Å². The maximum atomic E-state index is 14.7. The summed E-state index contributed by atoms with van der Waals surface area (Å²) in [6, 6.07) is 6.18. The van der Waals surface area contributed by atoms with Crippen molar-refractivity contribution < 1.29 is 13.6 Å². The first-order valence-electron chi connectivity index (χ1n) is 9.26. The van der Waals surface area contributed by atoms with Gasteiger partial charge in [-0.15, -0.1) is 0 Å². The molecule has 0 aliphatic carbocycles. The number of hydrogen-bond acceptors (Lipinski definition) is 6. The molecule has 0 bridgehead atoms. The van der Waals surface area contributed by atoms with Crippen LogP contribution >= 0.6 is 0 Å². The Bertz CT molecular complexity index is 1250. The molecular formula is C21H18F2N6O. The van der Waals surface area contributed by atoms with Crippen molar-refractivity contribution in [3.63, 3.8) is 0 Å². The fourth-order valence-corrected chi connectivity index (χ4v) is 3.31. The van der Waals surface area contributed by atoms with Crippen LogP contribution in [0.5, 0.6) is 0 Å². The molecule has 30 heavy (non-hydrogen) atoms. The number of aryl methyl sites for hydroxylation is 1. The topological polar surface area (TPSA) is 85.6 Å². The van der Waals surface area contributed by atoms with Gasteiger partial charge in [0.15, 0.2) is 29.6 Å². The molecule has 3 heterocycles. The van der Waals surface area contributed by atoms with Gasteiger partial charge in [0.2, 0.25) is 0 Å². The van der Waals surface area contributed by atoms with E-state index in [-0.39, 0.29) is 23.2 Å². The molecule has 4 aromatic rings. The van der Waals surface area contributed by atoms with Crippen molar-refractivity contribution in [1.29, 1.82) is 0 Å². The molecule has 0 amide bonds. The van der Waals surface area contributed by atoms with Gasteiger partial charge in [-0.05, 0) is 45.0 Å². The van der Waals surface area contributed by atoms with Crippen molar-refractivity contribution in [1.82, 2.24) is 24.5 Å². The monoisotopic (exact) mass is 408 g/mol. The SMILES string of the molecule is Cc1nc2c(F)cc(-c3ncc(F)c(Nc4ccc(C=O)cn4)n3)cc2n1C(C)C. The Morgan fingerprint density at radius 1 is 1.07 bits per heavy atom. The smallest absolute Gasteiger partial charge is 0.184 e. The molecule has 0 saturated heterocycles. The maximum absolute atomic E-state index is 14.7. The second-order valence-electron chi connectivity index (χ2n) is 7.06. The first kappa shape index (κ1) is 19.6. The lowest BCUT2D eigenvalue weighted by Crippen LogP contribution is -2.04. The van der Waals surface area contributed by atoms with Gasteiger partial charge in [0.05, 0.1) is 11.7 Å². The summed E-state index contributed by atoms with van der Waals surface area (Å²) in [5, 5.41) is 2.75. The summed E-state index contributed by atoms with van der Waals surface area (Å²) in [7, 11) is 0. The van der Waals surface area contributed by atoms with Crippen LogP contribution < -0.4 is 5.32 Å². The van der Waals surface area contributed by atoms with E-state index in [4.69, 9.17) is 0 Å². The van der Waals surface area contributed by atoms with E-state index in [1.54, 1.807) is 12.1 Å². The van der Waals surface area contributed by atoms with Crippen LogP contribution in [0.4, 0.5) is 20.4 Å². The lowest BCUT2D eigenvalue weighted by Gasteiger charge is -2.12. The molecule has 1 aromatic carbocycles. The average molecular weight is 408 g/mol. The van der Waals surface area contributed by atoms with Crippen molar-refractivity contribution in [2.75, 3.05) is 5.32 Å². The second kappa shape index (κ2) is 7.58. The van der Waals surface area contributed by atoms with Crippen LogP contribution in [0.3, 0.4) is 0 Å². The summed E-state index contributed by atoms with van der Waals surface area (Å²) >= 11 is 0. The van der Waals surface area contributed by atoms with Crippen LogP contribution in [0.15, 0.2) is 36.7 Å². The Morgan fingerprint density at radius 2 is 1.87 bits per heavy atom. The normalized spacial score (nSPS) is 11.3. The number of benzene rings is 1. The van der Waals surface area contributed by atoms with Gasteiger partial charge in [0, 0.05) is 23.4 Å². The Morgan fingerprint density at radius 3 is 2.53 bits per heavy atom. The van der Waals surface area contributed by atoms with Gasteiger partial charge >= 0.3 is 0 Å². The lowest BCUT2D eigenvalue weighted by molar-refractivity contribution is 0.112. The largest absolute Gasteiger partial charge is 0.326 e. The highest BCUT2D eigenvalue weighted by Gasteiger charge is 2.17. The van der Waals surface area contributed by atoms with E-state index in [2.05, 4.69) is 25.3 Å². The lowest BCUT2D eigenvalue weighted by atomic mass is 10.1. The molecule has 0 aliphatic heterocycles. The highest BCUT2D eigenvalue weighted by Crippen LogP contribution is 2.29. The number of nitrogens with one attached hydrogen (secondary N) is 1.